The highest BCUT2D eigenvalue weighted by Crippen LogP contribution is 2.26. The molecule has 7 heteroatoms. The number of aromatic nitrogens is 4. The molecule has 0 saturated carbocycles. The summed E-state index contributed by atoms with van der Waals surface area (Å²) in [7, 11) is 1.79. The summed E-state index contributed by atoms with van der Waals surface area (Å²) in [5.41, 5.74) is 1.18. The Morgan fingerprint density at radius 2 is 2.36 bits per heavy atom. The monoisotopic (exact) mass is 300 g/mol. The molecular formula is C15H20N6O. The molecule has 2 heterocycles. The van der Waals surface area contributed by atoms with E-state index in [1.165, 1.54) is 0 Å². The fraction of sp³-hybridized carbons (Fsp3) is 0.467. The molecule has 2 N–H and O–H groups in total. The Balaban J connectivity index is 1.81. The van der Waals surface area contributed by atoms with E-state index in [1.807, 2.05) is 31.2 Å². The summed E-state index contributed by atoms with van der Waals surface area (Å²) < 4.78 is 1.60. The van der Waals surface area contributed by atoms with Crippen LogP contribution in [-0.2, 0) is 11.8 Å². The lowest BCUT2D eigenvalue weighted by atomic mass is 9.93. The van der Waals surface area contributed by atoms with Crippen molar-refractivity contribution in [2.24, 2.45) is 7.05 Å². The number of carbonyl (C=O) groups is 1. The lowest BCUT2D eigenvalue weighted by molar-refractivity contribution is -0.122. The predicted molar refractivity (Wildman–Crippen MR) is 83.1 cm³/mol. The average molecular weight is 300 g/mol. The largest absolute Gasteiger partial charge is 0.324 e. The van der Waals surface area contributed by atoms with Gasteiger partial charge in [0.2, 0.25) is 5.91 Å². The zero-order chi connectivity index (χ0) is 15.6. The Morgan fingerprint density at radius 1 is 1.50 bits per heavy atom. The highest BCUT2D eigenvalue weighted by atomic mass is 16.2. The minimum Gasteiger partial charge on any atom is -0.324 e. The normalized spacial score (nSPS) is 21.0. The lowest BCUT2D eigenvalue weighted by Gasteiger charge is -2.26. The maximum atomic E-state index is 12.6. The molecule has 1 atom stereocenters. The average Bonchev–Trinajstić information content (AvgIpc) is 3.17. The summed E-state index contributed by atoms with van der Waals surface area (Å²) in [4.78, 5) is 12.6. The van der Waals surface area contributed by atoms with Crippen LogP contribution < -0.4 is 10.6 Å². The Kier molecular flexibility index (Phi) is 3.89. The quantitative estimate of drug-likeness (QED) is 0.890. The number of nitrogens with one attached hydrogen (secondary N) is 2. The second-order valence-corrected chi connectivity index (χ2v) is 5.63. The molecule has 1 aliphatic heterocycles. The van der Waals surface area contributed by atoms with Crippen molar-refractivity contribution < 1.29 is 4.79 Å². The number of tetrazole rings is 1. The summed E-state index contributed by atoms with van der Waals surface area (Å²) >= 11 is 0. The number of benzene rings is 1. The minimum absolute atomic E-state index is 0.0285. The van der Waals surface area contributed by atoms with E-state index in [4.69, 9.17) is 0 Å². The molecule has 0 bridgehead atoms. The number of hydrogen-bond donors (Lipinski definition) is 2. The lowest BCUT2D eigenvalue weighted by Crippen LogP contribution is -2.50. The van der Waals surface area contributed by atoms with Crippen molar-refractivity contribution in [2.45, 2.75) is 31.7 Å². The maximum absolute atomic E-state index is 12.6. The molecule has 1 saturated heterocycles. The minimum atomic E-state index is -0.442. The standard InChI is InChI=1S/C15H20N6O/c1-3-15(8-5-9-16-15)14(22)17-12-7-4-6-11(10-12)13-18-19-20-21(13)2/h4,6-7,10,16H,3,5,8-9H2,1-2H3,(H,17,22). The van der Waals surface area contributed by atoms with Crippen LogP contribution in [0.25, 0.3) is 11.4 Å². The van der Waals surface area contributed by atoms with E-state index in [-0.39, 0.29) is 5.91 Å². The number of rotatable bonds is 4. The fourth-order valence-electron chi connectivity index (χ4n) is 2.92. The topological polar surface area (TPSA) is 84.7 Å². The van der Waals surface area contributed by atoms with Gasteiger partial charge in [0, 0.05) is 18.3 Å². The molecule has 0 radical (unpaired) electrons. The van der Waals surface area contributed by atoms with Crippen LogP contribution >= 0.6 is 0 Å². The zero-order valence-corrected chi connectivity index (χ0v) is 12.8. The Labute approximate surface area is 129 Å². The highest BCUT2D eigenvalue weighted by Gasteiger charge is 2.39. The zero-order valence-electron chi connectivity index (χ0n) is 12.8. The third kappa shape index (κ3) is 2.59. The van der Waals surface area contributed by atoms with Gasteiger partial charge < -0.3 is 10.6 Å². The van der Waals surface area contributed by atoms with Crippen molar-refractivity contribution in [3.8, 4) is 11.4 Å². The van der Waals surface area contributed by atoms with E-state index in [2.05, 4.69) is 26.2 Å². The van der Waals surface area contributed by atoms with Gasteiger partial charge in [-0.3, -0.25) is 4.79 Å². The molecule has 1 aromatic heterocycles. The molecule has 1 amide bonds. The molecule has 116 valence electrons. The van der Waals surface area contributed by atoms with Gasteiger partial charge in [-0.15, -0.1) is 5.10 Å². The van der Waals surface area contributed by atoms with E-state index >= 15 is 0 Å². The van der Waals surface area contributed by atoms with Gasteiger partial charge in [-0.2, -0.15) is 0 Å². The maximum Gasteiger partial charge on any atom is 0.244 e. The van der Waals surface area contributed by atoms with E-state index < -0.39 is 5.54 Å². The van der Waals surface area contributed by atoms with Gasteiger partial charge in [-0.25, -0.2) is 4.68 Å². The van der Waals surface area contributed by atoms with Crippen molar-refractivity contribution in [2.75, 3.05) is 11.9 Å². The second-order valence-electron chi connectivity index (χ2n) is 5.63. The molecule has 1 unspecified atom stereocenters. The van der Waals surface area contributed by atoms with Gasteiger partial charge in [0.25, 0.3) is 0 Å². The summed E-state index contributed by atoms with van der Waals surface area (Å²) in [6, 6.07) is 7.58. The van der Waals surface area contributed by atoms with Crippen molar-refractivity contribution in [1.82, 2.24) is 25.5 Å². The molecular weight excluding hydrogens is 280 g/mol. The Morgan fingerprint density at radius 3 is 3.00 bits per heavy atom. The van der Waals surface area contributed by atoms with Crippen molar-refractivity contribution in [3.63, 3.8) is 0 Å². The number of anilines is 1. The van der Waals surface area contributed by atoms with Crippen molar-refractivity contribution in [3.05, 3.63) is 24.3 Å². The van der Waals surface area contributed by atoms with Crippen LogP contribution in [-0.4, -0.2) is 38.2 Å². The molecule has 0 aliphatic carbocycles. The fourth-order valence-corrected chi connectivity index (χ4v) is 2.92. The SMILES string of the molecule is CCC1(C(=O)Nc2cccc(-c3nnnn3C)c2)CCCN1. The summed E-state index contributed by atoms with van der Waals surface area (Å²) in [5, 5.41) is 17.8. The molecule has 0 spiro atoms. The van der Waals surface area contributed by atoms with Crippen molar-refractivity contribution in [1.29, 1.82) is 0 Å². The van der Waals surface area contributed by atoms with Crippen LogP contribution in [0.2, 0.25) is 0 Å². The first-order valence-corrected chi connectivity index (χ1v) is 7.54. The highest BCUT2D eigenvalue weighted by molar-refractivity contribution is 5.98. The van der Waals surface area contributed by atoms with Crippen LogP contribution in [0.5, 0.6) is 0 Å². The van der Waals surface area contributed by atoms with Gasteiger partial charge in [0.1, 0.15) is 0 Å². The number of amides is 1. The van der Waals surface area contributed by atoms with Gasteiger partial charge in [0.05, 0.1) is 5.54 Å². The number of aryl methyl sites for hydroxylation is 1. The second kappa shape index (κ2) is 5.84. The first-order chi connectivity index (χ1) is 10.6. The van der Waals surface area contributed by atoms with Crippen LogP contribution in [0.4, 0.5) is 5.69 Å². The van der Waals surface area contributed by atoms with Gasteiger partial charge in [0.15, 0.2) is 5.82 Å². The van der Waals surface area contributed by atoms with E-state index in [0.29, 0.717) is 5.82 Å². The first-order valence-electron chi connectivity index (χ1n) is 7.54. The molecule has 2 aromatic rings. The van der Waals surface area contributed by atoms with E-state index in [9.17, 15) is 4.79 Å². The number of hydrogen-bond acceptors (Lipinski definition) is 5. The third-order valence-electron chi connectivity index (χ3n) is 4.28. The van der Waals surface area contributed by atoms with Gasteiger partial charge in [-0.05, 0) is 48.4 Å². The molecule has 1 aliphatic rings. The third-order valence-corrected chi connectivity index (χ3v) is 4.28. The van der Waals surface area contributed by atoms with E-state index in [0.717, 1.165) is 37.1 Å². The Bertz CT molecular complexity index is 674. The molecule has 22 heavy (non-hydrogen) atoms. The predicted octanol–water partition coefficient (Wildman–Crippen LogP) is 1.35. The summed E-state index contributed by atoms with van der Waals surface area (Å²) in [6.07, 6.45) is 2.69. The van der Waals surface area contributed by atoms with Crippen molar-refractivity contribution >= 4 is 11.6 Å². The molecule has 1 aromatic carbocycles. The smallest absolute Gasteiger partial charge is 0.244 e. The molecule has 1 fully saturated rings. The molecule has 7 nitrogen and oxygen atoms in total. The Hall–Kier alpha value is -2.28. The van der Waals surface area contributed by atoms with Crippen LogP contribution in [0.3, 0.4) is 0 Å². The van der Waals surface area contributed by atoms with E-state index in [1.54, 1.807) is 11.7 Å². The summed E-state index contributed by atoms with van der Waals surface area (Å²) in [6.45, 7) is 2.94. The number of nitrogens with zero attached hydrogens (tertiary/aromatic N) is 4. The van der Waals surface area contributed by atoms with Crippen LogP contribution in [0.1, 0.15) is 26.2 Å². The van der Waals surface area contributed by atoms with Gasteiger partial charge in [-0.1, -0.05) is 19.1 Å². The van der Waals surface area contributed by atoms with Crippen LogP contribution in [0.15, 0.2) is 24.3 Å². The first kappa shape index (κ1) is 14.6. The summed E-state index contributed by atoms with van der Waals surface area (Å²) in [5.74, 6) is 0.695. The number of carbonyl (C=O) groups excluding carboxylic acids is 1. The van der Waals surface area contributed by atoms with Crippen LogP contribution in [0, 0.1) is 0 Å². The molecule has 3 rings (SSSR count). The van der Waals surface area contributed by atoms with Gasteiger partial charge >= 0.3 is 0 Å².